The lowest BCUT2D eigenvalue weighted by Crippen LogP contribution is -2.10. The van der Waals surface area contributed by atoms with Crippen LogP contribution in [0.3, 0.4) is 0 Å². The Morgan fingerprint density at radius 1 is 0.183 bits per heavy atom. The number of rotatable bonds is 12. The fourth-order valence-corrected chi connectivity index (χ4v) is 12.0. The Balaban J connectivity index is 0.895. The van der Waals surface area contributed by atoms with Crippen molar-refractivity contribution >= 4 is 77.5 Å². The summed E-state index contributed by atoms with van der Waals surface area (Å²) in [5, 5.41) is 7.14. The van der Waals surface area contributed by atoms with E-state index in [4.69, 9.17) is 0 Å². The van der Waals surface area contributed by atoms with E-state index in [1.807, 2.05) is 0 Å². The minimum Gasteiger partial charge on any atom is -0.310 e. The lowest BCUT2D eigenvalue weighted by atomic mass is 10.0. The molecule has 0 fully saturated rings. The zero-order chi connectivity index (χ0) is 54.3. The highest BCUT2D eigenvalue weighted by Gasteiger charge is 2.21. The van der Waals surface area contributed by atoms with Gasteiger partial charge in [-0.1, -0.05) is 206 Å². The van der Waals surface area contributed by atoms with Crippen LogP contribution in [0.15, 0.2) is 328 Å². The van der Waals surface area contributed by atoms with Crippen LogP contribution >= 0.6 is 0 Å². The van der Waals surface area contributed by atoms with Crippen LogP contribution < -0.4 is 9.80 Å². The second-order valence-corrected chi connectivity index (χ2v) is 21.0. The molecule has 0 saturated carbocycles. The van der Waals surface area contributed by atoms with E-state index in [1.54, 1.807) is 0 Å². The maximum atomic E-state index is 2.45. The molecule has 82 heavy (non-hydrogen) atoms. The van der Waals surface area contributed by atoms with E-state index in [0.717, 1.165) is 89.8 Å². The Labute approximate surface area is 477 Å². The van der Waals surface area contributed by atoms with Crippen molar-refractivity contribution in [3.63, 3.8) is 0 Å². The predicted octanol–water partition coefficient (Wildman–Crippen LogP) is 21.5. The average molecular weight is 1050 g/mol. The number of nitrogens with zero attached hydrogens (tertiary/aromatic N) is 4. The van der Waals surface area contributed by atoms with Crippen LogP contribution in [-0.2, 0) is 0 Å². The number of hydrogen-bond donors (Lipinski definition) is 0. The molecule has 15 aromatic rings. The predicted molar refractivity (Wildman–Crippen MR) is 346 cm³/mol. The molecule has 0 unspecified atom stereocenters. The summed E-state index contributed by atoms with van der Waals surface area (Å²) in [4.78, 5) is 4.70. The fraction of sp³-hybridized carbons (Fsp3) is 0. The van der Waals surface area contributed by atoms with Gasteiger partial charge in [0.05, 0.1) is 22.4 Å². The monoisotopic (exact) mass is 1050 g/mol. The molecule has 386 valence electrons. The molecule has 4 nitrogen and oxygen atoms in total. The van der Waals surface area contributed by atoms with Gasteiger partial charge in [-0.05, 0) is 176 Å². The second kappa shape index (κ2) is 20.7. The molecule has 2 aromatic heterocycles. The summed E-state index contributed by atoms with van der Waals surface area (Å²) in [6.45, 7) is 0. The molecule has 0 N–H and O–H groups in total. The van der Waals surface area contributed by atoms with Gasteiger partial charge in [-0.15, -0.1) is 0 Å². The minimum absolute atomic E-state index is 1.08. The first-order valence-electron chi connectivity index (χ1n) is 28.1. The zero-order valence-electron chi connectivity index (χ0n) is 45.0. The van der Waals surface area contributed by atoms with Crippen molar-refractivity contribution in [1.82, 2.24) is 9.13 Å². The third-order valence-electron chi connectivity index (χ3n) is 16.0. The molecule has 0 aliphatic carbocycles. The molecule has 0 aliphatic rings. The summed E-state index contributed by atoms with van der Waals surface area (Å²) < 4.78 is 4.90. The van der Waals surface area contributed by atoms with Crippen LogP contribution in [0.1, 0.15) is 0 Å². The van der Waals surface area contributed by atoms with Crippen LogP contribution in [0.5, 0.6) is 0 Å². The molecule has 0 saturated heterocycles. The summed E-state index contributed by atoms with van der Waals surface area (Å²) in [6.07, 6.45) is 0. The average Bonchev–Trinajstić information content (AvgIpc) is 4.13. The number of fused-ring (bicyclic) bond motifs is 4. The Hall–Kier alpha value is -10.9. The van der Waals surface area contributed by atoms with Crippen molar-refractivity contribution < 1.29 is 0 Å². The van der Waals surface area contributed by atoms with Gasteiger partial charge in [0.1, 0.15) is 0 Å². The van der Waals surface area contributed by atoms with Gasteiger partial charge in [0.15, 0.2) is 0 Å². The van der Waals surface area contributed by atoms with Crippen molar-refractivity contribution in [2.45, 2.75) is 0 Å². The molecule has 0 aliphatic heterocycles. The molecule has 0 bridgehead atoms. The van der Waals surface area contributed by atoms with Gasteiger partial charge in [0, 0.05) is 56.3 Å². The molecule has 0 spiro atoms. The van der Waals surface area contributed by atoms with Gasteiger partial charge in [0.25, 0.3) is 0 Å². The molecule has 13 aromatic carbocycles. The Bertz CT molecular complexity index is 4430. The van der Waals surface area contributed by atoms with Crippen LogP contribution in [0.4, 0.5) is 34.1 Å². The molecule has 4 heteroatoms. The molecular weight excluding hydrogens is 993 g/mol. The van der Waals surface area contributed by atoms with Crippen molar-refractivity contribution in [2.75, 3.05) is 9.80 Å². The van der Waals surface area contributed by atoms with E-state index in [-0.39, 0.29) is 0 Å². The summed E-state index contributed by atoms with van der Waals surface area (Å²) >= 11 is 0. The van der Waals surface area contributed by atoms with Gasteiger partial charge < -0.3 is 18.9 Å². The highest BCUT2D eigenvalue weighted by Crippen LogP contribution is 2.43. The molecule has 2 heterocycles. The number of para-hydroxylation sites is 2. The lowest BCUT2D eigenvalue weighted by molar-refractivity contribution is 1.13. The zero-order valence-corrected chi connectivity index (χ0v) is 45.0. The normalized spacial score (nSPS) is 11.4. The van der Waals surface area contributed by atoms with Gasteiger partial charge in [-0.3, -0.25) is 0 Å². The molecule has 0 atom stereocenters. The maximum Gasteiger partial charge on any atom is 0.0542 e. The Kier molecular flexibility index (Phi) is 12.2. The topological polar surface area (TPSA) is 16.3 Å². The quantitative estimate of drug-likeness (QED) is 0.121. The van der Waals surface area contributed by atoms with Gasteiger partial charge in [-0.25, -0.2) is 0 Å². The second-order valence-electron chi connectivity index (χ2n) is 21.0. The summed E-state index contributed by atoms with van der Waals surface area (Å²) in [7, 11) is 0. The number of hydrogen-bond acceptors (Lipinski definition) is 2. The van der Waals surface area contributed by atoms with Gasteiger partial charge in [0.2, 0.25) is 0 Å². The molecule has 0 amide bonds. The third kappa shape index (κ3) is 8.95. The maximum absolute atomic E-state index is 2.45. The third-order valence-corrected chi connectivity index (χ3v) is 16.0. The van der Waals surface area contributed by atoms with Crippen LogP contribution in [0.2, 0.25) is 0 Å². The number of aromatic nitrogens is 2. The van der Waals surface area contributed by atoms with Gasteiger partial charge >= 0.3 is 0 Å². The molecule has 15 rings (SSSR count). The van der Waals surface area contributed by atoms with E-state index in [2.05, 4.69) is 347 Å². The minimum atomic E-state index is 1.08. The van der Waals surface area contributed by atoms with Crippen LogP contribution in [0.25, 0.3) is 99.5 Å². The van der Waals surface area contributed by atoms with Crippen molar-refractivity contribution in [1.29, 1.82) is 0 Å². The van der Waals surface area contributed by atoms with Crippen LogP contribution in [-0.4, -0.2) is 9.13 Å². The lowest BCUT2D eigenvalue weighted by Gasteiger charge is -2.26. The van der Waals surface area contributed by atoms with Crippen molar-refractivity contribution in [2.24, 2.45) is 0 Å². The van der Waals surface area contributed by atoms with E-state index < -0.39 is 0 Å². The van der Waals surface area contributed by atoms with Crippen LogP contribution in [0, 0.1) is 0 Å². The fourth-order valence-electron chi connectivity index (χ4n) is 12.0. The number of benzene rings is 13. The van der Waals surface area contributed by atoms with E-state index >= 15 is 0 Å². The van der Waals surface area contributed by atoms with Crippen molar-refractivity contribution in [3.05, 3.63) is 328 Å². The summed E-state index contributed by atoms with van der Waals surface area (Å²) in [5.74, 6) is 0. The Morgan fingerprint density at radius 3 is 0.854 bits per heavy atom. The number of anilines is 6. The first kappa shape index (κ1) is 48.2. The SMILES string of the molecule is c1ccc(-c2ccc(-c3cc4cc5c(cc(-c6ccc(-c7ccccc7)cc6)n5-c5ccc(N(c6ccccc6)c6ccc7ccccc7c6)cc5)cc4n3-c3ccc(N(c4ccccc4)c4ccc5ccccc5c4)cc3)cc2)cc1. The van der Waals surface area contributed by atoms with Gasteiger partial charge in [-0.2, -0.15) is 0 Å². The first-order valence-corrected chi connectivity index (χ1v) is 28.1. The standard InChI is InChI=1S/C78H54N4/c1-5-17-55(18-6-1)59-29-33-61(34-30-59)75-51-65-53-78-66(54-77(65)81(75)71-45-41-69(42-46-71)79(67-25-9-3-10-26-67)73-39-37-57-21-13-15-23-63(57)49-73)52-76(62-35-31-60(32-36-62)56-19-7-2-8-20-56)82(78)72-47-43-70(44-48-72)80(68-27-11-4-12-28-68)74-40-38-58-22-14-16-24-64(58)50-74/h1-54H. The first-order chi connectivity index (χ1) is 40.6. The van der Waals surface area contributed by atoms with E-state index in [9.17, 15) is 0 Å². The largest absolute Gasteiger partial charge is 0.310 e. The highest BCUT2D eigenvalue weighted by atomic mass is 15.1. The highest BCUT2D eigenvalue weighted by molar-refractivity contribution is 6.03. The summed E-state index contributed by atoms with van der Waals surface area (Å²) in [6, 6.07) is 119. The molecular formula is C78H54N4. The molecule has 0 radical (unpaired) electrons. The van der Waals surface area contributed by atoms with E-state index in [1.165, 1.54) is 43.8 Å². The van der Waals surface area contributed by atoms with Crippen molar-refractivity contribution in [3.8, 4) is 56.1 Å². The van der Waals surface area contributed by atoms with E-state index in [0.29, 0.717) is 0 Å². The smallest absolute Gasteiger partial charge is 0.0542 e. The Morgan fingerprint density at radius 2 is 0.476 bits per heavy atom. The summed E-state index contributed by atoms with van der Waals surface area (Å²) in [5.41, 5.74) is 20.2.